The van der Waals surface area contributed by atoms with Crippen LogP contribution in [0.3, 0.4) is 0 Å². The topological polar surface area (TPSA) is 96.3 Å². The second kappa shape index (κ2) is 12.6. The van der Waals surface area contributed by atoms with E-state index in [4.69, 9.17) is 9.97 Å². The Labute approximate surface area is 264 Å². The summed E-state index contributed by atoms with van der Waals surface area (Å²) in [5.41, 5.74) is 2.10. The Morgan fingerprint density at radius 3 is 2.71 bits per heavy atom. The molecule has 0 radical (unpaired) electrons. The van der Waals surface area contributed by atoms with Crippen LogP contribution in [-0.2, 0) is 11.2 Å². The van der Waals surface area contributed by atoms with E-state index in [1.807, 2.05) is 37.9 Å². The van der Waals surface area contributed by atoms with Gasteiger partial charge in [-0.05, 0) is 67.0 Å². The number of aryl methyl sites for hydroxylation is 1. The Morgan fingerprint density at radius 2 is 1.96 bits per heavy atom. The van der Waals surface area contributed by atoms with Crippen LogP contribution in [-0.4, -0.2) is 74.1 Å². The maximum atomic E-state index is 16.1. The molecular formula is C33H35F2N7O2S. The van der Waals surface area contributed by atoms with Crippen LogP contribution < -0.4 is 15.9 Å². The number of piperazine rings is 1. The Morgan fingerprint density at radius 1 is 1.13 bits per heavy atom. The van der Waals surface area contributed by atoms with E-state index in [1.165, 1.54) is 22.8 Å². The average Bonchev–Trinajstić information content (AvgIpc) is 3.02. The number of rotatable bonds is 3. The van der Waals surface area contributed by atoms with E-state index in [0.29, 0.717) is 48.6 Å². The van der Waals surface area contributed by atoms with Gasteiger partial charge in [-0.15, -0.1) is 0 Å². The second-order valence-corrected chi connectivity index (χ2v) is 12.9. The molecule has 5 heterocycles. The molecule has 1 N–H and O–H groups in total. The van der Waals surface area contributed by atoms with Gasteiger partial charge < -0.3 is 15.1 Å². The van der Waals surface area contributed by atoms with Gasteiger partial charge in [0.1, 0.15) is 23.1 Å². The molecule has 1 fully saturated rings. The van der Waals surface area contributed by atoms with Crippen molar-refractivity contribution in [2.75, 3.05) is 47.9 Å². The minimum absolute atomic E-state index is 0.0163. The fourth-order valence-corrected chi connectivity index (χ4v) is 6.81. The number of aromatic nitrogens is 4. The number of thioether (sulfide) groups is 1. The first-order chi connectivity index (χ1) is 21.7. The average molecular weight is 632 g/mol. The van der Waals surface area contributed by atoms with Gasteiger partial charge in [-0.3, -0.25) is 9.78 Å². The smallest absolute Gasteiger partial charge is 0.355 e. The lowest BCUT2D eigenvalue weighted by molar-refractivity contribution is -0.126. The summed E-state index contributed by atoms with van der Waals surface area (Å²) in [7, 11) is 0. The lowest BCUT2D eigenvalue weighted by Gasteiger charge is -2.40. The molecule has 6 bridgehead atoms. The number of halogens is 2. The highest BCUT2D eigenvalue weighted by atomic mass is 32.2. The molecule has 234 valence electrons. The van der Waals surface area contributed by atoms with Gasteiger partial charge in [0.05, 0.1) is 16.8 Å². The number of nitrogens with zero attached hydrogens (tertiary/aromatic N) is 6. The molecule has 4 aromatic rings. The zero-order valence-corrected chi connectivity index (χ0v) is 26.3. The van der Waals surface area contributed by atoms with Crippen molar-refractivity contribution in [1.29, 1.82) is 0 Å². The number of hydrogen-bond acceptors (Lipinski definition) is 8. The Balaban J connectivity index is 1.64. The summed E-state index contributed by atoms with van der Waals surface area (Å²) < 4.78 is 32.9. The molecule has 0 unspecified atom stereocenters. The number of benzene rings is 1. The van der Waals surface area contributed by atoms with E-state index in [2.05, 4.69) is 16.9 Å². The number of anilines is 2. The lowest BCUT2D eigenvalue weighted by atomic mass is 10.0. The van der Waals surface area contributed by atoms with E-state index in [-0.39, 0.29) is 40.6 Å². The van der Waals surface area contributed by atoms with Gasteiger partial charge in [0.2, 0.25) is 5.91 Å². The van der Waals surface area contributed by atoms with Crippen LogP contribution in [0.4, 0.5) is 20.3 Å². The summed E-state index contributed by atoms with van der Waals surface area (Å²) in [6.07, 6.45) is 3.85. The third-order valence-electron chi connectivity index (χ3n) is 8.26. The summed E-state index contributed by atoms with van der Waals surface area (Å²) in [5.74, 6) is 0.319. The quantitative estimate of drug-likeness (QED) is 0.310. The summed E-state index contributed by atoms with van der Waals surface area (Å²) in [6, 6.07) is 7.44. The standard InChI is InChI=1S/C33H35F2N7O2S/c1-5-28(43)40-10-11-41(20(4)18-40)31-24-16-26(35)30-23-15-22(6-7-25(23)34)36-9-13-45-12-8-21-14-27(29(19(2)3)37-17-21)42(32(24)38-30)33(44)39-31/h5-7,14-17,19-20,36H,1,8-13,18H2,2-4H3/t20-/m0/s1. The highest BCUT2D eigenvalue weighted by Crippen LogP contribution is 2.34. The normalized spacial score (nSPS) is 17.1. The van der Waals surface area contributed by atoms with Crippen LogP contribution in [0.15, 0.2) is 54.0 Å². The molecule has 2 aliphatic rings. The molecule has 1 aromatic carbocycles. The first-order valence-corrected chi connectivity index (χ1v) is 16.2. The maximum Gasteiger partial charge on any atom is 0.355 e. The zero-order chi connectivity index (χ0) is 31.8. The van der Waals surface area contributed by atoms with Crippen LogP contribution in [0.25, 0.3) is 28.0 Å². The van der Waals surface area contributed by atoms with Gasteiger partial charge in [0.15, 0.2) is 5.65 Å². The molecule has 1 amide bonds. The number of nitrogens with one attached hydrogen (secondary N) is 1. The van der Waals surface area contributed by atoms with Crippen molar-refractivity contribution < 1.29 is 13.6 Å². The van der Waals surface area contributed by atoms with Crippen molar-refractivity contribution in [1.82, 2.24) is 24.4 Å². The first-order valence-electron chi connectivity index (χ1n) is 15.1. The monoisotopic (exact) mass is 631 g/mol. The summed E-state index contributed by atoms with van der Waals surface area (Å²) in [4.78, 5) is 44.0. The van der Waals surface area contributed by atoms with Crippen molar-refractivity contribution in [3.05, 3.63) is 82.6 Å². The van der Waals surface area contributed by atoms with E-state index in [9.17, 15) is 9.59 Å². The number of fused-ring (bicyclic) bond motifs is 7. The Hall–Kier alpha value is -4.32. The predicted molar refractivity (Wildman–Crippen MR) is 175 cm³/mol. The molecule has 2 aliphatic heterocycles. The second-order valence-electron chi connectivity index (χ2n) is 11.7. The molecule has 9 nitrogen and oxygen atoms in total. The number of carbonyl (C=O) groups is 1. The zero-order valence-electron chi connectivity index (χ0n) is 25.5. The van der Waals surface area contributed by atoms with Crippen molar-refractivity contribution in [3.8, 4) is 16.9 Å². The highest BCUT2D eigenvalue weighted by Gasteiger charge is 2.30. The van der Waals surface area contributed by atoms with Crippen LogP contribution in [0.1, 0.15) is 37.9 Å². The van der Waals surface area contributed by atoms with E-state index >= 15 is 8.78 Å². The van der Waals surface area contributed by atoms with E-state index in [0.717, 1.165) is 23.5 Å². The van der Waals surface area contributed by atoms with Gasteiger partial charge in [0, 0.05) is 55.4 Å². The third-order valence-corrected chi connectivity index (χ3v) is 9.25. The van der Waals surface area contributed by atoms with Gasteiger partial charge in [-0.1, -0.05) is 20.4 Å². The molecule has 0 spiro atoms. The molecule has 1 atom stereocenters. The molecule has 0 saturated carbocycles. The highest BCUT2D eigenvalue weighted by molar-refractivity contribution is 7.99. The Kier molecular flexibility index (Phi) is 8.59. The summed E-state index contributed by atoms with van der Waals surface area (Å²) in [6.45, 7) is 11.2. The Bertz CT molecular complexity index is 1860. The van der Waals surface area contributed by atoms with Crippen molar-refractivity contribution in [2.45, 2.75) is 39.2 Å². The minimum atomic E-state index is -0.743. The largest absolute Gasteiger partial charge is 0.384 e. The van der Waals surface area contributed by atoms with Gasteiger partial charge in [0.25, 0.3) is 0 Å². The number of pyridine rings is 2. The van der Waals surface area contributed by atoms with Gasteiger partial charge in [-0.2, -0.15) is 16.7 Å². The van der Waals surface area contributed by atoms with E-state index in [1.54, 1.807) is 28.8 Å². The maximum absolute atomic E-state index is 16.1. The number of amides is 1. The summed E-state index contributed by atoms with van der Waals surface area (Å²) in [5, 5.41) is 3.60. The fraction of sp³-hybridized carbons (Fsp3) is 0.364. The molecule has 6 rings (SSSR count). The molecule has 45 heavy (non-hydrogen) atoms. The predicted octanol–water partition coefficient (Wildman–Crippen LogP) is 5.17. The van der Waals surface area contributed by atoms with Crippen molar-refractivity contribution in [2.24, 2.45) is 0 Å². The number of carbonyl (C=O) groups excluding carboxylic acids is 1. The summed E-state index contributed by atoms with van der Waals surface area (Å²) >= 11 is 1.77. The molecule has 12 heteroatoms. The van der Waals surface area contributed by atoms with Crippen molar-refractivity contribution in [3.63, 3.8) is 0 Å². The minimum Gasteiger partial charge on any atom is -0.384 e. The molecule has 1 saturated heterocycles. The molecule has 3 aromatic heterocycles. The van der Waals surface area contributed by atoms with Crippen LogP contribution >= 0.6 is 11.8 Å². The molecular weight excluding hydrogens is 596 g/mol. The van der Waals surface area contributed by atoms with Crippen LogP contribution in [0.2, 0.25) is 0 Å². The van der Waals surface area contributed by atoms with Crippen LogP contribution in [0, 0.1) is 11.6 Å². The SMILES string of the molecule is C=CC(=O)N1CCN(c2nc(=O)n3c4nc(c(F)cc24)-c2cc(ccc2F)NCCSCCc2cnc(C(C)C)c-3c2)[C@@H](C)C1. The number of hydrogen-bond donors (Lipinski definition) is 1. The van der Waals surface area contributed by atoms with Crippen molar-refractivity contribution >= 4 is 40.2 Å². The van der Waals surface area contributed by atoms with Gasteiger partial charge in [-0.25, -0.2) is 23.1 Å². The third kappa shape index (κ3) is 5.90. The molecule has 0 aliphatic carbocycles. The van der Waals surface area contributed by atoms with Crippen LogP contribution in [0.5, 0.6) is 0 Å². The van der Waals surface area contributed by atoms with E-state index < -0.39 is 17.3 Å². The fourth-order valence-electron chi connectivity index (χ4n) is 5.97. The lowest BCUT2D eigenvalue weighted by Crippen LogP contribution is -2.54. The van der Waals surface area contributed by atoms with Gasteiger partial charge >= 0.3 is 5.69 Å². The first kappa shape index (κ1) is 30.7.